The first-order chi connectivity index (χ1) is 15.0. The molecule has 0 saturated heterocycles. The van der Waals surface area contributed by atoms with E-state index >= 15 is 0 Å². The number of halogens is 1. The van der Waals surface area contributed by atoms with Crippen molar-refractivity contribution in [2.75, 3.05) is 0 Å². The molecular weight excluding hydrogens is 411 g/mol. The Bertz CT molecular complexity index is 716. The van der Waals surface area contributed by atoms with E-state index in [1.807, 2.05) is 6.92 Å². The number of aliphatic carboxylic acids is 1. The van der Waals surface area contributed by atoms with E-state index in [0.29, 0.717) is 6.42 Å². The minimum absolute atomic E-state index is 0.00313. The number of aliphatic hydroxyl groups is 3. The van der Waals surface area contributed by atoms with E-state index in [-0.39, 0.29) is 59.4 Å². The first-order valence-electron chi connectivity index (χ1n) is 12.9. The van der Waals surface area contributed by atoms with Crippen molar-refractivity contribution in [3.63, 3.8) is 0 Å². The number of alkyl halides is 1. The summed E-state index contributed by atoms with van der Waals surface area (Å²) >= 11 is 0. The molecule has 0 aromatic heterocycles. The largest absolute Gasteiger partial charge is 0.479 e. The Morgan fingerprint density at radius 3 is 2.38 bits per heavy atom. The van der Waals surface area contributed by atoms with Crippen molar-refractivity contribution >= 4 is 5.97 Å². The highest BCUT2D eigenvalue weighted by Crippen LogP contribution is 2.69. The third kappa shape index (κ3) is 3.46. The molecule has 4 rings (SSSR count). The van der Waals surface area contributed by atoms with Gasteiger partial charge in [-0.2, -0.15) is 0 Å². The molecule has 0 aliphatic heterocycles. The van der Waals surface area contributed by atoms with Gasteiger partial charge in [-0.05, 0) is 97.2 Å². The van der Waals surface area contributed by atoms with Gasteiger partial charge in [0.15, 0.2) is 6.17 Å². The van der Waals surface area contributed by atoms with Gasteiger partial charge in [0.25, 0.3) is 0 Å². The zero-order valence-corrected chi connectivity index (χ0v) is 20.1. The molecule has 0 amide bonds. The Morgan fingerprint density at radius 1 is 1.06 bits per heavy atom. The van der Waals surface area contributed by atoms with E-state index in [4.69, 9.17) is 5.11 Å². The van der Waals surface area contributed by atoms with Gasteiger partial charge in [-0.25, -0.2) is 9.18 Å². The van der Waals surface area contributed by atoms with Crippen LogP contribution in [0, 0.1) is 52.3 Å². The van der Waals surface area contributed by atoms with Gasteiger partial charge >= 0.3 is 5.97 Å². The zero-order valence-electron chi connectivity index (χ0n) is 20.1. The number of aliphatic hydroxyl groups excluding tert-OH is 3. The summed E-state index contributed by atoms with van der Waals surface area (Å²) in [6.07, 6.45) is 2.51. The summed E-state index contributed by atoms with van der Waals surface area (Å²) < 4.78 is 14.0. The van der Waals surface area contributed by atoms with E-state index in [2.05, 4.69) is 20.8 Å². The molecule has 4 aliphatic rings. The van der Waals surface area contributed by atoms with Crippen molar-refractivity contribution in [1.82, 2.24) is 0 Å². The average Bonchev–Trinajstić information content (AvgIpc) is 3.09. The predicted molar refractivity (Wildman–Crippen MR) is 119 cm³/mol. The van der Waals surface area contributed by atoms with E-state index in [1.165, 1.54) is 0 Å². The number of fused-ring (bicyclic) bond motifs is 5. The summed E-state index contributed by atoms with van der Waals surface area (Å²) in [6, 6.07) is 0. The molecule has 4 aliphatic carbocycles. The van der Waals surface area contributed by atoms with Crippen molar-refractivity contribution < 1.29 is 29.6 Å². The van der Waals surface area contributed by atoms with Crippen molar-refractivity contribution in [3.05, 3.63) is 0 Å². The molecule has 0 heterocycles. The highest BCUT2D eigenvalue weighted by molar-refractivity contribution is 5.72. The summed E-state index contributed by atoms with van der Waals surface area (Å²) in [7, 11) is 0. The van der Waals surface area contributed by atoms with Crippen LogP contribution in [-0.4, -0.2) is 50.9 Å². The summed E-state index contributed by atoms with van der Waals surface area (Å²) in [5, 5.41) is 42.7. The Kier molecular flexibility index (Phi) is 6.48. The van der Waals surface area contributed by atoms with E-state index in [0.717, 1.165) is 38.5 Å². The summed E-state index contributed by atoms with van der Waals surface area (Å²) in [5.74, 6) is -0.619. The van der Waals surface area contributed by atoms with Crippen LogP contribution in [0.15, 0.2) is 0 Å². The van der Waals surface area contributed by atoms with Crippen molar-refractivity contribution in [3.8, 4) is 0 Å². The normalized spacial score (nSPS) is 52.4. The van der Waals surface area contributed by atoms with Crippen LogP contribution in [-0.2, 0) is 4.79 Å². The predicted octanol–water partition coefficient (Wildman–Crippen LogP) is 4.03. The molecule has 0 aromatic carbocycles. The second-order valence-corrected chi connectivity index (χ2v) is 12.2. The lowest BCUT2D eigenvalue weighted by molar-refractivity contribution is -0.228. The molecule has 6 heteroatoms. The lowest BCUT2D eigenvalue weighted by Crippen LogP contribution is -2.65. The lowest BCUT2D eigenvalue weighted by atomic mass is 9.41. The van der Waals surface area contributed by atoms with Gasteiger partial charge in [0.2, 0.25) is 0 Å². The summed E-state index contributed by atoms with van der Waals surface area (Å²) in [5.41, 5.74) is -0.432. The lowest BCUT2D eigenvalue weighted by Gasteiger charge is -2.65. The third-order valence-corrected chi connectivity index (χ3v) is 11.1. The van der Waals surface area contributed by atoms with E-state index < -0.39 is 29.8 Å². The maximum atomic E-state index is 14.0. The Labute approximate surface area is 191 Å². The second kappa shape index (κ2) is 8.49. The molecular formula is C26H43FO5. The Balaban J connectivity index is 1.66. The van der Waals surface area contributed by atoms with Crippen LogP contribution in [0.1, 0.15) is 79.1 Å². The van der Waals surface area contributed by atoms with Gasteiger partial charge in [0.05, 0.1) is 18.3 Å². The molecule has 0 aromatic rings. The first-order valence-corrected chi connectivity index (χ1v) is 12.9. The Hall–Kier alpha value is -0.720. The van der Waals surface area contributed by atoms with Crippen LogP contribution in [0.2, 0.25) is 0 Å². The number of carboxylic acids is 1. The molecule has 4 saturated carbocycles. The number of carboxylic acid groups (broad SMARTS) is 1. The molecule has 0 radical (unpaired) electrons. The van der Waals surface area contributed by atoms with Crippen molar-refractivity contribution in [1.29, 1.82) is 0 Å². The monoisotopic (exact) mass is 454 g/mol. The maximum absolute atomic E-state index is 14.0. The summed E-state index contributed by atoms with van der Waals surface area (Å²) in [4.78, 5) is 11.1. The molecule has 5 nitrogen and oxygen atoms in total. The minimum atomic E-state index is -1.88. The number of hydrogen-bond donors (Lipinski definition) is 4. The molecule has 184 valence electrons. The number of carbonyl (C=O) groups is 1. The molecule has 4 N–H and O–H groups in total. The molecule has 0 spiro atoms. The van der Waals surface area contributed by atoms with Crippen LogP contribution in [0.5, 0.6) is 0 Å². The van der Waals surface area contributed by atoms with Gasteiger partial charge in [0, 0.05) is 0 Å². The van der Waals surface area contributed by atoms with Crippen LogP contribution in [0.4, 0.5) is 4.39 Å². The van der Waals surface area contributed by atoms with Gasteiger partial charge < -0.3 is 20.4 Å². The van der Waals surface area contributed by atoms with Crippen LogP contribution in [0.3, 0.4) is 0 Å². The maximum Gasteiger partial charge on any atom is 0.338 e. The minimum Gasteiger partial charge on any atom is -0.479 e. The topological polar surface area (TPSA) is 98.0 Å². The van der Waals surface area contributed by atoms with Crippen molar-refractivity contribution in [2.45, 2.75) is 104 Å². The highest BCUT2D eigenvalue weighted by atomic mass is 19.1. The molecule has 4 fully saturated rings. The van der Waals surface area contributed by atoms with Crippen LogP contribution < -0.4 is 0 Å². The fourth-order valence-electron chi connectivity index (χ4n) is 9.48. The molecule has 32 heavy (non-hydrogen) atoms. The molecule has 0 unspecified atom stereocenters. The third-order valence-electron chi connectivity index (χ3n) is 11.1. The fourth-order valence-corrected chi connectivity index (χ4v) is 9.48. The standard InChI is InChI=1S/C26H43FO5/c1-5-15-18-11-14(28)8-9-25(18,3)19-12-21(29)26(4)16(13(2)10-20(27)24(31)32)6-7-17(26)22(19)23(15)30/h13-23,28-30H,5-12H2,1-4H3,(H,31,32)/t13-,14-,15-,16-,17+,18+,19+,20+,21+,22+,23-,25+,26-/m1/s1. The first kappa shape index (κ1) is 24.4. The van der Waals surface area contributed by atoms with Gasteiger partial charge in [-0.15, -0.1) is 0 Å². The van der Waals surface area contributed by atoms with E-state index in [9.17, 15) is 24.5 Å². The van der Waals surface area contributed by atoms with Gasteiger partial charge in [0.1, 0.15) is 0 Å². The fraction of sp³-hybridized carbons (Fsp3) is 0.962. The van der Waals surface area contributed by atoms with Crippen LogP contribution >= 0.6 is 0 Å². The highest BCUT2D eigenvalue weighted by Gasteiger charge is 2.67. The smallest absolute Gasteiger partial charge is 0.338 e. The quantitative estimate of drug-likeness (QED) is 0.503. The SMILES string of the molecule is CC[C@H]1[C@@H](O)[C@@H]2[C@H](C[C@H](O)[C@]3(C)[C@@H]([C@H](C)C[C@H](F)C(=O)O)CC[C@@H]23)[C@@]2(C)CC[C@@H](O)C[C@@H]12. The second-order valence-electron chi connectivity index (χ2n) is 12.2. The molecule has 13 atom stereocenters. The van der Waals surface area contributed by atoms with Gasteiger partial charge in [-0.1, -0.05) is 34.1 Å². The van der Waals surface area contributed by atoms with Gasteiger partial charge in [-0.3, -0.25) is 0 Å². The molecule has 0 bridgehead atoms. The number of rotatable bonds is 5. The Morgan fingerprint density at radius 2 is 1.75 bits per heavy atom. The number of hydrogen-bond acceptors (Lipinski definition) is 4. The van der Waals surface area contributed by atoms with Crippen LogP contribution in [0.25, 0.3) is 0 Å². The summed E-state index contributed by atoms with van der Waals surface area (Å²) in [6.45, 7) is 8.52. The van der Waals surface area contributed by atoms with Crippen molar-refractivity contribution in [2.24, 2.45) is 52.3 Å². The zero-order chi connectivity index (χ0) is 23.6. The average molecular weight is 455 g/mol. The van der Waals surface area contributed by atoms with E-state index in [1.54, 1.807) is 0 Å².